The molecular formula is C11H18F2N2O4. The highest BCUT2D eigenvalue weighted by Crippen LogP contribution is 2.31. The molecule has 0 spiro atoms. The summed E-state index contributed by atoms with van der Waals surface area (Å²) in [6, 6.07) is 0. The molecule has 6 nitrogen and oxygen atoms in total. The first-order chi connectivity index (χ1) is 8.50. The summed E-state index contributed by atoms with van der Waals surface area (Å²) in [5, 5.41) is 10.5. The molecule has 1 saturated heterocycles. The van der Waals surface area contributed by atoms with Gasteiger partial charge in [0.05, 0.1) is 6.42 Å². The molecule has 0 aromatic rings. The van der Waals surface area contributed by atoms with Crippen LogP contribution in [0.25, 0.3) is 0 Å². The van der Waals surface area contributed by atoms with E-state index in [1.54, 1.807) is 20.8 Å². The average molecular weight is 280 g/mol. The molecule has 0 bridgehead atoms. The van der Waals surface area contributed by atoms with Crippen molar-refractivity contribution in [1.82, 2.24) is 10.2 Å². The molecule has 19 heavy (non-hydrogen) atoms. The number of hydrogen-bond donors (Lipinski definition) is 2. The first-order valence-corrected chi connectivity index (χ1v) is 5.87. The summed E-state index contributed by atoms with van der Waals surface area (Å²) in [5.41, 5.74) is -0.773. The summed E-state index contributed by atoms with van der Waals surface area (Å²) < 4.78 is 31.6. The van der Waals surface area contributed by atoms with Gasteiger partial charge in [0.15, 0.2) is 0 Å². The Labute approximate surface area is 109 Å². The van der Waals surface area contributed by atoms with E-state index in [4.69, 9.17) is 9.84 Å². The van der Waals surface area contributed by atoms with Gasteiger partial charge in [-0.25, -0.2) is 18.4 Å². The Kier molecular flexibility index (Phi) is 4.21. The van der Waals surface area contributed by atoms with Gasteiger partial charge in [0.2, 0.25) is 0 Å². The van der Waals surface area contributed by atoms with Crippen molar-refractivity contribution in [1.29, 1.82) is 0 Å². The maximum atomic E-state index is 13.3. The number of nitrogens with one attached hydrogen (secondary N) is 1. The molecule has 0 aromatic heterocycles. The zero-order chi connectivity index (χ0) is 14.8. The lowest BCUT2D eigenvalue weighted by Gasteiger charge is -2.39. The quantitative estimate of drug-likeness (QED) is 0.772. The topological polar surface area (TPSA) is 78.9 Å². The number of nitrogens with zero attached hydrogens (tertiary/aromatic N) is 1. The monoisotopic (exact) mass is 280 g/mol. The highest BCUT2D eigenvalue weighted by atomic mass is 19.3. The van der Waals surface area contributed by atoms with E-state index in [0.717, 1.165) is 4.90 Å². The molecule has 1 unspecified atom stereocenters. The molecule has 0 aliphatic carbocycles. The predicted octanol–water partition coefficient (Wildman–Crippen LogP) is 2.25. The first-order valence-electron chi connectivity index (χ1n) is 5.87. The number of alkyl halides is 2. The number of hydrogen-bond acceptors (Lipinski definition) is 3. The van der Waals surface area contributed by atoms with Gasteiger partial charge in [-0.15, -0.1) is 0 Å². The molecule has 8 heteroatoms. The van der Waals surface area contributed by atoms with Crippen molar-refractivity contribution in [3.63, 3.8) is 0 Å². The van der Waals surface area contributed by atoms with Crippen LogP contribution in [0.1, 0.15) is 33.6 Å². The number of halogens is 2. The predicted molar refractivity (Wildman–Crippen MR) is 62.1 cm³/mol. The Hall–Kier alpha value is -1.60. The zero-order valence-electron chi connectivity index (χ0n) is 11.1. The van der Waals surface area contributed by atoms with Crippen LogP contribution in [0.2, 0.25) is 0 Å². The van der Waals surface area contributed by atoms with Crippen LogP contribution in [-0.2, 0) is 4.74 Å². The highest BCUT2D eigenvalue weighted by Gasteiger charge is 2.43. The Morgan fingerprint density at radius 1 is 1.42 bits per heavy atom. The lowest BCUT2D eigenvalue weighted by atomic mass is 10.0. The van der Waals surface area contributed by atoms with Crippen molar-refractivity contribution in [2.24, 2.45) is 0 Å². The van der Waals surface area contributed by atoms with Gasteiger partial charge in [-0.1, -0.05) is 0 Å². The van der Waals surface area contributed by atoms with E-state index in [1.807, 2.05) is 5.32 Å². The maximum absolute atomic E-state index is 13.3. The van der Waals surface area contributed by atoms with Crippen LogP contribution >= 0.6 is 0 Å². The molecule has 1 fully saturated rings. The van der Waals surface area contributed by atoms with Gasteiger partial charge in [0.1, 0.15) is 11.8 Å². The van der Waals surface area contributed by atoms with Crippen LogP contribution in [0.3, 0.4) is 0 Å². The van der Waals surface area contributed by atoms with E-state index in [-0.39, 0.29) is 6.54 Å². The molecule has 1 atom stereocenters. The van der Waals surface area contributed by atoms with Crippen LogP contribution in [0.4, 0.5) is 18.4 Å². The van der Waals surface area contributed by atoms with Gasteiger partial charge in [-0.2, -0.15) is 0 Å². The summed E-state index contributed by atoms with van der Waals surface area (Å²) in [6.07, 6.45) is -4.81. The Morgan fingerprint density at radius 2 is 2.00 bits per heavy atom. The Bertz CT molecular complexity index is 368. The lowest BCUT2D eigenvalue weighted by Crippen LogP contribution is -2.58. The van der Waals surface area contributed by atoms with E-state index in [2.05, 4.69) is 0 Å². The summed E-state index contributed by atoms with van der Waals surface area (Å²) >= 11 is 0. The van der Waals surface area contributed by atoms with E-state index >= 15 is 0 Å². The van der Waals surface area contributed by atoms with Crippen molar-refractivity contribution in [3.05, 3.63) is 0 Å². The lowest BCUT2D eigenvalue weighted by molar-refractivity contribution is -0.0840. The van der Waals surface area contributed by atoms with Crippen LogP contribution in [0, 0.1) is 0 Å². The third-order valence-corrected chi connectivity index (χ3v) is 2.50. The van der Waals surface area contributed by atoms with Crippen LogP contribution < -0.4 is 5.32 Å². The number of carbonyl (C=O) groups excluding carboxylic acids is 1. The Morgan fingerprint density at radius 3 is 2.47 bits per heavy atom. The third-order valence-electron chi connectivity index (χ3n) is 2.50. The SMILES string of the molecule is CC(C)(C)OC(=O)N1CCC(F)(F)CC1NC(=O)O. The van der Waals surface area contributed by atoms with Gasteiger partial charge < -0.3 is 15.2 Å². The van der Waals surface area contributed by atoms with Gasteiger partial charge in [-0.05, 0) is 20.8 Å². The Balaban J connectivity index is 2.79. The number of carbonyl (C=O) groups is 2. The van der Waals surface area contributed by atoms with Gasteiger partial charge >= 0.3 is 12.2 Å². The van der Waals surface area contributed by atoms with Crippen LogP contribution in [0.15, 0.2) is 0 Å². The summed E-state index contributed by atoms with van der Waals surface area (Å²) in [5.74, 6) is -2.99. The molecule has 1 aliphatic heterocycles. The van der Waals surface area contributed by atoms with Crippen LogP contribution in [-0.4, -0.2) is 46.4 Å². The normalized spacial score (nSPS) is 22.8. The summed E-state index contributed by atoms with van der Waals surface area (Å²) in [4.78, 5) is 23.4. The first kappa shape index (κ1) is 15.5. The molecular weight excluding hydrogens is 262 g/mol. The van der Waals surface area contributed by atoms with Crippen molar-refractivity contribution in [2.45, 2.75) is 51.3 Å². The number of piperidine rings is 1. The van der Waals surface area contributed by atoms with Crippen LogP contribution in [0.5, 0.6) is 0 Å². The molecule has 1 aliphatic rings. The second-order valence-corrected chi connectivity index (χ2v) is 5.45. The minimum absolute atomic E-state index is 0.257. The fraction of sp³-hybridized carbons (Fsp3) is 0.818. The molecule has 110 valence electrons. The molecule has 0 radical (unpaired) electrons. The van der Waals surface area contributed by atoms with Gasteiger partial charge in [0, 0.05) is 13.0 Å². The molecule has 2 N–H and O–H groups in total. The number of likely N-dealkylation sites (tertiary alicyclic amines) is 1. The van der Waals surface area contributed by atoms with Crippen molar-refractivity contribution >= 4 is 12.2 Å². The molecule has 1 heterocycles. The second kappa shape index (κ2) is 5.18. The van der Waals surface area contributed by atoms with Crippen molar-refractivity contribution < 1.29 is 28.2 Å². The van der Waals surface area contributed by atoms with Crippen molar-refractivity contribution in [3.8, 4) is 0 Å². The second-order valence-electron chi connectivity index (χ2n) is 5.45. The summed E-state index contributed by atoms with van der Waals surface area (Å²) in [6.45, 7) is 4.67. The smallest absolute Gasteiger partial charge is 0.411 e. The minimum Gasteiger partial charge on any atom is -0.465 e. The molecule has 0 aromatic carbocycles. The average Bonchev–Trinajstić information content (AvgIpc) is 2.11. The van der Waals surface area contributed by atoms with E-state index < -0.39 is 42.7 Å². The fourth-order valence-corrected chi connectivity index (χ4v) is 1.75. The maximum Gasteiger partial charge on any atom is 0.411 e. The van der Waals surface area contributed by atoms with E-state index in [9.17, 15) is 18.4 Å². The fourth-order valence-electron chi connectivity index (χ4n) is 1.75. The summed E-state index contributed by atoms with van der Waals surface area (Å²) in [7, 11) is 0. The number of rotatable bonds is 1. The minimum atomic E-state index is -2.99. The third kappa shape index (κ3) is 4.88. The molecule has 0 saturated carbocycles. The van der Waals surface area contributed by atoms with E-state index in [1.165, 1.54) is 0 Å². The molecule has 1 rings (SSSR count). The number of carboxylic acid groups (broad SMARTS) is 1. The largest absolute Gasteiger partial charge is 0.465 e. The molecule has 2 amide bonds. The standard InChI is InChI=1S/C11H18F2N2O4/c1-10(2,3)19-9(18)15-5-4-11(12,13)6-7(15)14-8(16)17/h7,14H,4-6H2,1-3H3,(H,16,17). The highest BCUT2D eigenvalue weighted by molar-refractivity contribution is 5.70. The van der Waals surface area contributed by atoms with Gasteiger partial charge in [0.25, 0.3) is 5.92 Å². The van der Waals surface area contributed by atoms with Crippen molar-refractivity contribution in [2.75, 3.05) is 6.54 Å². The van der Waals surface area contributed by atoms with E-state index in [0.29, 0.717) is 0 Å². The number of ether oxygens (including phenoxy) is 1. The van der Waals surface area contributed by atoms with Gasteiger partial charge in [-0.3, -0.25) is 4.90 Å². The zero-order valence-corrected chi connectivity index (χ0v) is 11.1. The number of amides is 2.